The molecule has 1 aromatic heterocycles. The van der Waals surface area contributed by atoms with E-state index >= 15 is 0 Å². The zero-order valence-corrected chi connectivity index (χ0v) is 5.33. The van der Waals surface area contributed by atoms with Gasteiger partial charge in [0.2, 0.25) is 0 Å². The average molecular weight is 128 g/mol. The van der Waals surface area contributed by atoms with Gasteiger partial charge in [-0.1, -0.05) is 5.16 Å². The topological polar surface area (TPSA) is 49.5 Å². The number of aromatic hydroxyl groups is 1. The van der Waals surface area contributed by atoms with Gasteiger partial charge in [-0.3, -0.25) is 0 Å². The van der Waals surface area contributed by atoms with Crippen LogP contribution in [-0.2, 0) is 0 Å². The van der Waals surface area contributed by atoms with Crippen LogP contribution >= 0.6 is 0 Å². The summed E-state index contributed by atoms with van der Waals surface area (Å²) in [6.07, 6.45) is 1.45. The highest BCUT2D eigenvalue weighted by Crippen LogP contribution is 2.23. The zero-order chi connectivity index (χ0) is 6.85. The summed E-state index contributed by atoms with van der Waals surface area (Å²) in [6, 6.07) is 0. The fourth-order valence-corrected chi connectivity index (χ4v) is 0.535. The first kappa shape index (κ1) is 5.94. The number of hydrogen-bond donors (Lipinski definition) is 1. The van der Waals surface area contributed by atoms with Crippen molar-refractivity contribution in [2.24, 2.45) is 0 Å². The summed E-state index contributed by atoms with van der Waals surface area (Å²) in [5.41, 5.74) is 0.593. The van der Waals surface area contributed by atoms with Crippen molar-refractivity contribution < 1.29 is 9.63 Å². The van der Waals surface area contributed by atoms with Gasteiger partial charge in [0.15, 0.2) is 0 Å². The largest absolute Gasteiger partial charge is 0.478 e. The van der Waals surface area contributed by atoms with E-state index in [1.165, 1.54) is 6.20 Å². The van der Waals surface area contributed by atoms with Crippen molar-refractivity contribution in [2.75, 3.05) is 19.0 Å². The maximum Gasteiger partial charge on any atom is 0.332 e. The van der Waals surface area contributed by atoms with Crippen molar-refractivity contribution in [1.29, 1.82) is 0 Å². The summed E-state index contributed by atoms with van der Waals surface area (Å²) < 4.78 is 4.39. The first-order chi connectivity index (χ1) is 4.22. The van der Waals surface area contributed by atoms with Gasteiger partial charge >= 0.3 is 5.95 Å². The SMILES string of the molecule is CN(C)c1cnoc1O. The van der Waals surface area contributed by atoms with Crippen LogP contribution in [0, 0.1) is 0 Å². The Morgan fingerprint density at radius 2 is 2.33 bits per heavy atom. The van der Waals surface area contributed by atoms with Gasteiger partial charge in [0.05, 0.1) is 6.20 Å². The molecule has 4 heteroatoms. The number of rotatable bonds is 1. The maximum atomic E-state index is 8.85. The fourth-order valence-electron chi connectivity index (χ4n) is 0.535. The number of aromatic nitrogens is 1. The van der Waals surface area contributed by atoms with Crippen molar-refractivity contribution in [3.8, 4) is 5.95 Å². The Balaban J connectivity index is 2.94. The lowest BCUT2D eigenvalue weighted by Crippen LogP contribution is -2.07. The maximum absolute atomic E-state index is 8.85. The molecule has 1 aromatic rings. The molecule has 0 bridgehead atoms. The third kappa shape index (κ3) is 0.960. The van der Waals surface area contributed by atoms with E-state index in [1.54, 1.807) is 19.0 Å². The lowest BCUT2D eigenvalue weighted by molar-refractivity contribution is 0.278. The van der Waals surface area contributed by atoms with Gasteiger partial charge < -0.3 is 14.5 Å². The molecule has 1 heterocycles. The van der Waals surface area contributed by atoms with Crippen LogP contribution in [0.15, 0.2) is 10.7 Å². The van der Waals surface area contributed by atoms with Crippen molar-refractivity contribution in [2.45, 2.75) is 0 Å². The summed E-state index contributed by atoms with van der Waals surface area (Å²) >= 11 is 0. The summed E-state index contributed by atoms with van der Waals surface area (Å²) in [6.45, 7) is 0. The second-order valence-corrected chi connectivity index (χ2v) is 1.91. The van der Waals surface area contributed by atoms with Crippen molar-refractivity contribution >= 4 is 5.69 Å². The second kappa shape index (κ2) is 1.97. The van der Waals surface area contributed by atoms with Crippen LogP contribution in [0.5, 0.6) is 5.95 Å². The normalized spacial score (nSPS) is 9.56. The van der Waals surface area contributed by atoms with E-state index in [1.807, 2.05) is 0 Å². The average Bonchev–Trinajstić information content (AvgIpc) is 2.13. The quantitative estimate of drug-likeness (QED) is 0.596. The molecule has 0 radical (unpaired) electrons. The van der Waals surface area contributed by atoms with E-state index in [-0.39, 0.29) is 5.95 Å². The molecule has 0 saturated carbocycles. The van der Waals surface area contributed by atoms with Gasteiger partial charge in [-0.25, -0.2) is 0 Å². The fraction of sp³-hybridized carbons (Fsp3) is 0.400. The Morgan fingerprint density at radius 1 is 1.67 bits per heavy atom. The highest BCUT2D eigenvalue weighted by atomic mass is 16.5. The Labute approximate surface area is 52.7 Å². The third-order valence-electron chi connectivity index (χ3n) is 1.02. The molecule has 0 unspecified atom stereocenters. The van der Waals surface area contributed by atoms with E-state index in [2.05, 4.69) is 9.68 Å². The highest BCUT2D eigenvalue weighted by Gasteiger charge is 2.05. The molecule has 0 amide bonds. The van der Waals surface area contributed by atoms with Crippen LogP contribution in [0.25, 0.3) is 0 Å². The Kier molecular flexibility index (Phi) is 1.30. The standard InChI is InChI=1S/C5H8N2O2/c1-7(2)4-3-6-9-5(4)8/h3,8H,1-2H3. The van der Waals surface area contributed by atoms with Gasteiger partial charge in [0.25, 0.3) is 0 Å². The Morgan fingerprint density at radius 3 is 2.56 bits per heavy atom. The van der Waals surface area contributed by atoms with Crippen molar-refractivity contribution in [3.05, 3.63) is 6.20 Å². The summed E-state index contributed by atoms with van der Waals surface area (Å²) in [7, 11) is 3.60. The lowest BCUT2D eigenvalue weighted by Gasteiger charge is -2.05. The monoisotopic (exact) mass is 128 g/mol. The predicted octanol–water partition coefficient (Wildman–Crippen LogP) is 0.446. The van der Waals surface area contributed by atoms with E-state index < -0.39 is 0 Å². The molecule has 50 valence electrons. The molecule has 0 aliphatic heterocycles. The molecule has 0 aromatic carbocycles. The first-order valence-corrected chi connectivity index (χ1v) is 2.53. The summed E-state index contributed by atoms with van der Waals surface area (Å²) in [5.74, 6) is -0.139. The predicted molar refractivity (Wildman–Crippen MR) is 32.5 cm³/mol. The second-order valence-electron chi connectivity index (χ2n) is 1.91. The smallest absolute Gasteiger partial charge is 0.332 e. The Bertz CT molecular complexity index is 195. The van der Waals surface area contributed by atoms with Crippen LogP contribution < -0.4 is 4.90 Å². The molecule has 0 spiro atoms. The number of hydrogen-bond acceptors (Lipinski definition) is 4. The summed E-state index contributed by atoms with van der Waals surface area (Å²) in [4.78, 5) is 1.71. The molecule has 1 rings (SSSR count). The van der Waals surface area contributed by atoms with Crippen molar-refractivity contribution in [1.82, 2.24) is 5.16 Å². The van der Waals surface area contributed by atoms with E-state index in [0.717, 1.165) is 0 Å². The minimum Gasteiger partial charge on any atom is -0.478 e. The van der Waals surface area contributed by atoms with Crippen LogP contribution in [0.2, 0.25) is 0 Å². The number of anilines is 1. The first-order valence-electron chi connectivity index (χ1n) is 2.53. The lowest BCUT2D eigenvalue weighted by atomic mass is 10.5. The van der Waals surface area contributed by atoms with Gasteiger partial charge in [-0.15, -0.1) is 0 Å². The zero-order valence-electron chi connectivity index (χ0n) is 5.33. The summed E-state index contributed by atoms with van der Waals surface area (Å²) in [5, 5.41) is 12.2. The Hall–Kier alpha value is -1.19. The van der Waals surface area contributed by atoms with Crippen LogP contribution in [-0.4, -0.2) is 24.4 Å². The van der Waals surface area contributed by atoms with E-state index in [0.29, 0.717) is 5.69 Å². The highest BCUT2D eigenvalue weighted by molar-refractivity contribution is 5.49. The third-order valence-corrected chi connectivity index (χ3v) is 1.02. The minimum atomic E-state index is -0.139. The van der Waals surface area contributed by atoms with Crippen LogP contribution in [0.3, 0.4) is 0 Å². The van der Waals surface area contributed by atoms with Gasteiger partial charge in [-0.2, -0.15) is 0 Å². The minimum absolute atomic E-state index is 0.139. The van der Waals surface area contributed by atoms with Gasteiger partial charge in [-0.05, 0) is 0 Å². The van der Waals surface area contributed by atoms with Crippen molar-refractivity contribution in [3.63, 3.8) is 0 Å². The molecular weight excluding hydrogens is 120 g/mol. The van der Waals surface area contributed by atoms with Crippen LogP contribution in [0.4, 0.5) is 5.69 Å². The van der Waals surface area contributed by atoms with Crippen LogP contribution in [0.1, 0.15) is 0 Å². The molecule has 4 nitrogen and oxygen atoms in total. The molecular formula is C5H8N2O2. The van der Waals surface area contributed by atoms with Gasteiger partial charge in [0, 0.05) is 14.1 Å². The van der Waals surface area contributed by atoms with E-state index in [4.69, 9.17) is 5.11 Å². The molecule has 0 aliphatic rings. The molecule has 0 aliphatic carbocycles. The van der Waals surface area contributed by atoms with E-state index in [9.17, 15) is 0 Å². The molecule has 1 N–H and O–H groups in total. The van der Waals surface area contributed by atoms with Gasteiger partial charge in [0.1, 0.15) is 5.69 Å². The number of nitrogens with zero attached hydrogens (tertiary/aromatic N) is 2. The molecule has 0 fully saturated rings. The molecule has 0 atom stereocenters. The molecule has 0 saturated heterocycles. The molecule has 9 heavy (non-hydrogen) atoms.